The summed E-state index contributed by atoms with van der Waals surface area (Å²) in [5.41, 5.74) is 7.26. The van der Waals surface area contributed by atoms with E-state index in [2.05, 4.69) is 0 Å². The number of nitrogens with two attached hydrogens (primary N) is 1. The summed E-state index contributed by atoms with van der Waals surface area (Å²) in [6.45, 7) is 0.475. The van der Waals surface area contributed by atoms with Gasteiger partial charge in [-0.1, -0.05) is 12.1 Å². The quantitative estimate of drug-likeness (QED) is 0.740. The average molecular weight is 234 g/mol. The van der Waals surface area contributed by atoms with Crippen LogP contribution in [0.5, 0.6) is 0 Å². The summed E-state index contributed by atoms with van der Waals surface area (Å²) >= 11 is 0. The van der Waals surface area contributed by atoms with E-state index < -0.39 is 0 Å². The van der Waals surface area contributed by atoms with E-state index in [9.17, 15) is 4.79 Å². The maximum absolute atomic E-state index is 12.1. The predicted octanol–water partition coefficient (Wildman–Crippen LogP) is 0.795. The van der Waals surface area contributed by atoms with Crippen molar-refractivity contribution in [3.05, 3.63) is 29.8 Å². The van der Waals surface area contributed by atoms with Crippen molar-refractivity contribution in [1.29, 1.82) is 0 Å². The molecule has 1 aliphatic carbocycles. The molecule has 1 aromatic rings. The Morgan fingerprint density at radius 1 is 1.35 bits per heavy atom. The van der Waals surface area contributed by atoms with Gasteiger partial charge in [-0.2, -0.15) is 0 Å². The second-order valence-corrected chi connectivity index (χ2v) is 4.46. The third-order valence-corrected chi connectivity index (χ3v) is 2.98. The number of nitrogens with zero attached hydrogens (tertiary/aromatic N) is 1. The first-order valence-electron chi connectivity index (χ1n) is 5.95. The van der Waals surface area contributed by atoms with Crippen LogP contribution in [0.3, 0.4) is 0 Å². The molecule has 0 aliphatic heterocycles. The van der Waals surface area contributed by atoms with Crippen LogP contribution in [-0.4, -0.2) is 35.1 Å². The SMILES string of the molecule is Nc1ccc(CC(=O)N(CCO)C2CC2)cc1. The van der Waals surface area contributed by atoms with Crippen LogP contribution in [0.4, 0.5) is 5.69 Å². The van der Waals surface area contributed by atoms with Gasteiger partial charge in [-0.3, -0.25) is 4.79 Å². The van der Waals surface area contributed by atoms with Crippen molar-refractivity contribution in [2.45, 2.75) is 25.3 Å². The summed E-state index contributed by atoms with van der Waals surface area (Å²) in [6, 6.07) is 7.70. The van der Waals surface area contributed by atoms with Crippen molar-refractivity contribution < 1.29 is 9.90 Å². The van der Waals surface area contributed by atoms with Gasteiger partial charge in [0.2, 0.25) is 5.91 Å². The number of aliphatic hydroxyl groups excluding tert-OH is 1. The van der Waals surface area contributed by atoms with E-state index in [1.165, 1.54) is 0 Å². The number of rotatable bonds is 5. The van der Waals surface area contributed by atoms with Gasteiger partial charge in [0.1, 0.15) is 0 Å². The highest BCUT2D eigenvalue weighted by Gasteiger charge is 2.31. The molecule has 0 bridgehead atoms. The molecule has 0 unspecified atom stereocenters. The zero-order chi connectivity index (χ0) is 12.3. The van der Waals surface area contributed by atoms with Crippen LogP contribution in [0, 0.1) is 0 Å². The van der Waals surface area contributed by atoms with Gasteiger partial charge in [-0.15, -0.1) is 0 Å². The van der Waals surface area contributed by atoms with Crippen molar-refractivity contribution >= 4 is 11.6 Å². The molecule has 1 aromatic carbocycles. The highest BCUT2D eigenvalue weighted by Crippen LogP contribution is 2.27. The molecule has 0 aromatic heterocycles. The molecule has 0 heterocycles. The summed E-state index contributed by atoms with van der Waals surface area (Å²) < 4.78 is 0. The number of nitrogen functional groups attached to an aromatic ring is 1. The van der Waals surface area contributed by atoms with Crippen molar-refractivity contribution in [2.75, 3.05) is 18.9 Å². The van der Waals surface area contributed by atoms with Crippen LogP contribution in [0.2, 0.25) is 0 Å². The van der Waals surface area contributed by atoms with Crippen LogP contribution in [0.25, 0.3) is 0 Å². The lowest BCUT2D eigenvalue weighted by atomic mass is 10.1. The molecule has 0 saturated heterocycles. The smallest absolute Gasteiger partial charge is 0.227 e. The summed E-state index contributed by atoms with van der Waals surface area (Å²) in [5, 5.41) is 8.95. The van der Waals surface area contributed by atoms with Gasteiger partial charge in [0.25, 0.3) is 0 Å². The van der Waals surface area contributed by atoms with Gasteiger partial charge in [-0.25, -0.2) is 0 Å². The van der Waals surface area contributed by atoms with Gasteiger partial charge in [0, 0.05) is 18.3 Å². The molecule has 2 rings (SSSR count). The van der Waals surface area contributed by atoms with Crippen molar-refractivity contribution in [3.8, 4) is 0 Å². The number of benzene rings is 1. The highest BCUT2D eigenvalue weighted by atomic mass is 16.3. The lowest BCUT2D eigenvalue weighted by molar-refractivity contribution is -0.131. The summed E-state index contributed by atoms with van der Waals surface area (Å²) in [5.74, 6) is 0.0892. The minimum atomic E-state index is 0.0317. The molecule has 1 aliphatic rings. The first kappa shape index (κ1) is 11.9. The lowest BCUT2D eigenvalue weighted by Crippen LogP contribution is -2.36. The summed E-state index contributed by atoms with van der Waals surface area (Å²) in [6.07, 6.45) is 2.51. The van der Waals surface area contributed by atoms with E-state index in [4.69, 9.17) is 10.8 Å². The van der Waals surface area contributed by atoms with E-state index in [0.717, 1.165) is 18.4 Å². The zero-order valence-electron chi connectivity index (χ0n) is 9.80. The third kappa shape index (κ3) is 3.20. The van der Waals surface area contributed by atoms with Crippen LogP contribution in [-0.2, 0) is 11.2 Å². The number of carbonyl (C=O) groups excluding carboxylic acids is 1. The predicted molar refractivity (Wildman–Crippen MR) is 66.4 cm³/mol. The molecule has 1 amide bonds. The zero-order valence-corrected chi connectivity index (χ0v) is 9.80. The monoisotopic (exact) mass is 234 g/mol. The molecule has 1 saturated carbocycles. The largest absolute Gasteiger partial charge is 0.399 e. The Morgan fingerprint density at radius 3 is 2.53 bits per heavy atom. The van der Waals surface area contributed by atoms with E-state index in [-0.39, 0.29) is 12.5 Å². The Balaban J connectivity index is 1.96. The third-order valence-electron chi connectivity index (χ3n) is 2.98. The molecular weight excluding hydrogens is 216 g/mol. The molecule has 0 spiro atoms. The van der Waals surface area contributed by atoms with Gasteiger partial charge >= 0.3 is 0 Å². The molecule has 4 heteroatoms. The second kappa shape index (κ2) is 5.19. The molecule has 0 radical (unpaired) electrons. The minimum Gasteiger partial charge on any atom is -0.399 e. The Bertz CT molecular complexity index is 385. The fourth-order valence-corrected chi connectivity index (χ4v) is 1.92. The van der Waals surface area contributed by atoms with Gasteiger partial charge in [0.05, 0.1) is 13.0 Å². The van der Waals surface area contributed by atoms with Gasteiger partial charge in [0.15, 0.2) is 0 Å². The van der Waals surface area contributed by atoms with Gasteiger partial charge < -0.3 is 15.7 Å². The summed E-state index contributed by atoms with van der Waals surface area (Å²) in [7, 11) is 0. The first-order chi connectivity index (χ1) is 8.20. The van der Waals surface area contributed by atoms with Crippen LogP contribution < -0.4 is 5.73 Å². The number of hydrogen-bond acceptors (Lipinski definition) is 3. The van der Waals surface area contributed by atoms with Crippen molar-refractivity contribution in [1.82, 2.24) is 4.90 Å². The maximum atomic E-state index is 12.1. The topological polar surface area (TPSA) is 66.6 Å². The van der Waals surface area contributed by atoms with Crippen molar-refractivity contribution in [2.24, 2.45) is 0 Å². The lowest BCUT2D eigenvalue weighted by Gasteiger charge is -2.21. The molecule has 3 N–H and O–H groups in total. The summed E-state index contributed by atoms with van der Waals surface area (Å²) in [4.78, 5) is 13.8. The minimum absolute atomic E-state index is 0.0317. The van der Waals surface area contributed by atoms with Crippen molar-refractivity contribution in [3.63, 3.8) is 0 Å². The first-order valence-corrected chi connectivity index (χ1v) is 5.95. The number of aliphatic hydroxyl groups is 1. The van der Waals surface area contributed by atoms with E-state index in [0.29, 0.717) is 24.7 Å². The molecule has 92 valence electrons. The van der Waals surface area contributed by atoms with E-state index in [1.54, 1.807) is 17.0 Å². The number of carbonyl (C=O) groups is 1. The second-order valence-electron chi connectivity index (χ2n) is 4.46. The van der Waals surface area contributed by atoms with E-state index >= 15 is 0 Å². The Labute approximate surface area is 101 Å². The maximum Gasteiger partial charge on any atom is 0.227 e. The molecule has 1 fully saturated rings. The van der Waals surface area contributed by atoms with Gasteiger partial charge in [-0.05, 0) is 30.5 Å². The van der Waals surface area contributed by atoms with Crippen LogP contribution >= 0.6 is 0 Å². The highest BCUT2D eigenvalue weighted by molar-refractivity contribution is 5.79. The number of anilines is 1. The van der Waals surface area contributed by atoms with E-state index in [1.807, 2.05) is 12.1 Å². The molecular formula is C13H18N2O2. The fraction of sp³-hybridized carbons (Fsp3) is 0.462. The molecule has 17 heavy (non-hydrogen) atoms. The Kier molecular flexibility index (Phi) is 3.64. The molecule has 0 atom stereocenters. The van der Waals surface area contributed by atoms with Crippen LogP contribution in [0.1, 0.15) is 18.4 Å². The number of hydrogen-bond donors (Lipinski definition) is 2. The molecule has 4 nitrogen and oxygen atoms in total. The fourth-order valence-electron chi connectivity index (χ4n) is 1.92. The normalized spacial score (nSPS) is 14.6. The average Bonchev–Trinajstić information content (AvgIpc) is 3.13. The standard InChI is InChI=1S/C13H18N2O2/c14-11-3-1-10(2-4-11)9-13(17)15(7-8-16)12-5-6-12/h1-4,12,16H,5-9,14H2. The van der Waals surface area contributed by atoms with Crippen LogP contribution in [0.15, 0.2) is 24.3 Å². The Morgan fingerprint density at radius 2 is 2.00 bits per heavy atom. The number of amides is 1. The Hall–Kier alpha value is -1.55.